The summed E-state index contributed by atoms with van der Waals surface area (Å²) in [6, 6.07) is 2.18. The number of rotatable bonds is 1. The topological polar surface area (TPSA) is 58.7 Å². The predicted octanol–water partition coefficient (Wildman–Crippen LogP) is 0.544. The maximum Gasteiger partial charge on any atom is 0.136 e. The third-order valence-corrected chi connectivity index (χ3v) is 2.41. The zero-order valence-corrected chi connectivity index (χ0v) is 7.32. The van der Waals surface area contributed by atoms with Crippen LogP contribution in [0.15, 0.2) is 12.5 Å². The van der Waals surface area contributed by atoms with Crippen LogP contribution in [0, 0.1) is 11.3 Å². The number of ketones is 1. The lowest BCUT2D eigenvalue weighted by Crippen LogP contribution is -2.40. The van der Waals surface area contributed by atoms with Gasteiger partial charge in [0.15, 0.2) is 0 Å². The van der Waals surface area contributed by atoms with Crippen molar-refractivity contribution in [3.05, 3.63) is 18.2 Å². The highest BCUT2D eigenvalue weighted by atomic mass is 16.1. The minimum atomic E-state index is -0.627. The fourth-order valence-corrected chi connectivity index (χ4v) is 1.60. The number of nitriles is 1. The van der Waals surface area contributed by atoms with E-state index in [9.17, 15) is 4.79 Å². The lowest BCUT2D eigenvalue weighted by atomic mass is 9.67. The van der Waals surface area contributed by atoms with Crippen LogP contribution in [-0.4, -0.2) is 15.3 Å². The lowest BCUT2D eigenvalue weighted by Gasteiger charge is -2.31. The van der Waals surface area contributed by atoms with Crippen molar-refractivity contribution in [2.24, 2.45) is 7.05 Å². The Kier molecular flexibility index (Phi) is 1.49. The molecule has 1 saturated carbocycles. The van der Waals surface area contributed by atoms with Gasteiger partial charge in [-0.15, -0.1) is 0 Å². The number of hydrogen-bond donors (Lipinski definition) is 0. The molecule has 0 aliphatic heterocycles. The summed E-state index contributed by atoms with van der Waals surface area (Å²) in [4.78, 5) is 15.0. The molecule has 2 rings (SSSR count). The Morgan fingerprint density at radius 3 is 2.77 bits per heavy atom. The Morgan fingerprint density at radius 2 is 2.38 bits per heavy atom. The molecule has 1 heterocycles. The van der Waals surface area contributed by atoms with E-state index in [4.69, 9.17) is 5.26 Å². The Hall–Kier alpha value is -1.63. The molecule has 0 unspecified atom stereocenters. The first-order valence-electron chi connectivity index (χ1n) is 4.08. The molecule has 66 valence electrons. The van der Waals surface area contributed by atoms with Crippen LogP contribution >= 0.6 is 0 Å². The second kappa shape index (κ2) is 2.43. The summed E-state index contributed by atoms with van der Waals surface area (Å²) in [6.07, 6.45) is 4.09. The number of imidazole rings is 1. The summed E-state index contributed by atoms with van der Waals surface area (Å²) in [5.41, 5.74) is 0.0929. The van der Waals surface area contributed by atoms with Crippen LogP contribution in [0.5, 0.6) is 0 Å². The second-order valence-corrected chi connectivity index (χ2v) is 3.51. The van der Waals surface area contributed by atoms with Gasteiger partial charge in [0, 0.05) is 26.1 Å². The van der Waals surface area contributed by atoms with Gasteiger partial charge in [-0.2, -0.15) is 5.26 Å². The predicted molar refractivity (Wildman–Crippen MR) is 44.7 cm³/mol. The molecule has 0 radical (unpaired) electrons. The van der Waals surface area contributed by atoms with E-state index in [1.54, 1.807) is 17.1 Å². The van der Waals surface area contributed by atoms with E-state index in [0.717, 1.165) is 5.69 Å². The van der Waals surface area contributed by atoms with Crippen LogP contribution in [0.1, 0.15) is 18.5 Å². The summed E-state index contributed by atoms with van der Waals surface area (Å²) in [5.74, 6) is 0.146. The number of hydrogen-bond acceptors (Lipinski definition) is 3. The summed E-state index contributed by atoms with van der Waals surface area (Å²) in [5, 5.41) is 8.97. The van der Waals surface area contributed by atoms with Gasteiger partial charge in [0.05, 0.1) is 18.1 Å². The van der Waals surface area contributed by atoms with Gasteiger partial charge in [-0.05, 0) is 0 Å². The van der Waals surface area contributed by atoms with Crippen molar-refractivity contribution >= 4 is 5.78 Å². The van der Waals surface area contributed by atoms with Crippen molar-refractivity contribution < 1.29 is 4.79 Å². The highest BCUT2D eigenvalue weighted by Gasteiger charge is 2.47. The van der Waals surface area contributed by atoms with Crippen LogP contribution in [0.3, 0.4) is 0 Å². The summed E-state index contributed by atoms with van der Waals surface area (Å²) < 4.78 is 1.79. The van der Waals surface area contributed by atoms with Crippen molar-refractivity contribution in [2.45, 2.75) is 18.3 Å². The van der Waals surface area contributed by atoms with Crippen LogP contribution in [0.25, 0.3) is 0 Å². The molecule has 4 nitrogen and oxygen atoms in total. The number of Topliss-reactive ketones (excluding diaryl/α,β-unsaturated/α-hetero) is 1. The van der Waals surface area contributed by atoms with Crippen molar-refractivity contribution in [1.29, 1.82) is 5.26 Å². The quantitative estimate of drug-likeness (QED) is 0.626. The van der Waals surface area contributed by atoms with Crippen LogP contribution in [0.2, 0.25) is 0 Å². The fraction of sp³-hybridized carbons (Fsp3) is 0.444. The number of aromatic nitrogens is 2. The van der Waals surface area contributed by atoms with E-state index in [1.807, 2.05) is 7.05 Å². The van der Waals surface area contributed by atoms with Gasteiger partial charge in [-0.3, -0.25) is 4.79 Å². The van der Waals surface area contributed by atoms with Gasteiger partial charge in [0.1, 0.15) is 11.2 Å². The Balaban J connectivity index is 2.35. The molecule has 13 heavy (non-hydrogen) atoms. The SMILES string of the molecule is Cn1cnc(C2(C#N)CC(=O)C2)c1. The summed E-state index contributed by atoms with van der Waals surface area (Å²) in [7, 11) is 1.85. The third kappa shape index (κ3) is 1.04. The molecule has 0 spiro atoms. The van der Waals surface area contributed by atoms with Crippen molar-refractivity contribution in [3.63, 3.8) is 0 Å². The molecule has 0 amide bonds. The normalized spacial score (nSPS) is 19.2. The number of carbonyl (C=O) groups is 1. The van der Waals surface area contributed by atoms with Crippen LogP contribution in [0.4, 0.5) is 0 Å². The standard InChI is InChI=1S/C9H9N3O/c1-12-4-8(11-6-12)9(5-10)2-7(13)3-9/h4,6H,2-3H2,1H3. The molecule has 0 bridgehead atoms. The highest BCUT2D eigenvalue weighted by Crippen LogP contribution is 2.39. The molecule has 1 aliphatic rings. The number of carbonyl (C=O) groups excluding carboxylic acids is 1. The number of aryl methyl sites for hydroxylation is 1. The van der Waals surface area contributed by atoms with E-state index < -0.39 is 5.41 Å². The maximum atomic E-state index is 10.9. The largest absolute Gasteiger partial charge is 0.340 e. The monoisotopic (exact) mass is 175 g/mol. The average molecular weight is 175 g/mol. The van der Waals surface area contributed by atoms with Crippen molar-refractivity contribution in [2.75, 3.05) is 0 Å². The van der Waals surface area contributed by atoms with Crippen LogP contribution < -0.4 is 0 Å². The first kappa shape index (κ1) is 7.99. The van der Waals surface area contributed by atoms with Gasteiger partial charge in [0.2, 0.25) is 0 Å². The first-order valence-corrected chi connectivity index (χ1v) is 4.08. The third-order valence-electron chi connectivity index (χ3n) is 2.41. The molecule has 1 fully saturated rings. The molecule has 1 aromatic rings. The average Bonchev–Trinajstić information content (AvgIpc) is 2.46. The van der Waals surface area contributed by atoms with Gasteiger partial charge in [0.25, 0.3) is 0 Å². The van der Waals surface area contributed by atoms with E-state index in [2.05, 4.69) is 11.1 Å². The second-order valence-electron chi connectivity index (χ2n) is 3.51. The smallest absolute Gasteiger partial charge is 0.136 e. The molecule has 0 aromatic carbocycles. The van der Waals surface area contributed by atoms with E-state index in [1.165, 1.54) is 0 Å². The zero-order valence-electron chi connectivity index (χ0n) is 7.32. The Bertz CT molecular complexity index is 391. The van der Waals surface area contributed by atoms with Gasteiger partial charge < -0.3 is 4.57 Å². The van der Waals surface area contributed by atoms with Crippen LogP contribution in [-0.2, 0) is 17.3 Å². The van der Waals surface area contributed by atoms with Gasteiger partial charge in [-0.25, -0.2) is 4.98 Å². The summed E-state index contributed by atoms with van der Waals surface area (Å²) in [6.45, 7) is 0. The molecule has 4 heteroatoms. The minimum absolute atomic E-state index is 0.146. The first-order chi connectivity index (χ1) is 6.16. The molecule has 0 saturated heterocycles. The Labute approximate surface area is 75.8 Å². The zero-order chi connectivity index (χ0) is 9.47. The van der Waals surface area contributed by atoms with E-state index in [-0.39, 0.29) is 5.78 Å². The highest BCUT2D eigenvalue weighted by molar-refractivity contribution is 5.89. The maximum absolute atomic E-state index is 10.9. The lowest BCUT2D eigenvalue weighted by molar-refractivity contribution is -0.126. The Morgan fingerprint density at radius 1 is 1.69 bits per heavy atom. The number of nitrogens with zero attached hydrogens (tertiary/aromatic N) is 3. The van der Waals surface area contributed by atoms with Crippen molar-refractivity contribution in [3.8, 4) is 6.07 Å². The summed E-state index contributed by atoms with van der Waals surface area (Å²) >= 11 is 0. The van der Waals surface area contributed by atoms with Crippen molar-refractivity contribution in [1.82, 2.24) is 9.55 Å². The fourth-order valence-electron chi connectivity index (χ4n) is 1.60. The molecule has 1 aromatic heterocycles. The van der Waals surface area contributed by atoms with Gasteiger partial charge >= 0.3 is 0 Å². The minimum Gasteiger partial charge on any atom is -0.340 e. The van der Waals surface area contributed by atoms with E-state index >= 15 is 0 Å². The molecular formula is C9H9N3O. The van der Waals surface area contributed by atoms with E-state index in [0.29, 0.717) is 12.8 Å². The molecular weight excluding hydrogens is 166 g/mol. The van der Waals surface area contributed by atoms with Gasteiger partial charge in [-0.1, -0.05) is 0 Å². The molecule has 0 N–H and O–H groups in total. The molecule has 0 atom stereocenters. The molecule has 1 aliphatic carbocycles.